The van der Waals surface area contributed by atoms with Gasteiger partial charge in [-0.3, -0.25) is 4.79 Å². The first-order valence-corrected chi connectivity index (χ1v) is 7.06. The van der Waals surface area contributed by atoms with Gasteiger partial charge in [-0.1, -0.05) is 26.2 Å². The van der Waals surface area contributed by atoms with Gasteiger partial charge in [0.25, 0.3) is 5.91 Å². The van der Waals surface area contributed by atoms with Gasteiger partial charge in [0.05, 0.1) is 6.61 Å². The molecule has 0 aliphatic heterocycles. The summed E-state index contributed by atoms with van der Waals surface area (Å²) in [6.07, 6.45) is 4.43. The lowest BCUT2D eigenvalue weighted by molar-refractivity contribution is 0.0948. The lowest BCUT2D eigenvalue weighted by Gasteiger charge is -2.10. The van der Waals surface area contributed by atoms with Gasteiger partial charge in [-0.05, 0) is 18.6 Å². The van der Waals surface area contributed by atoms with E-state index in [0.29, 0.717) is 13.2 Å². The summed E-state index contributed by atoms with van der Waals surface area (Å²) in [5.41, 5.74) is 4.14. The molecule has 0 bridgehead atoms. The maximum absolute atomic E-state index is 13.8. The molecule has 0 saturated carbocycles. The Morgan fingerprint density at radius 2 is 1.90 bits per heavy atom. The summed E-state index contributed by atoms with van der Waals surface area (Å²) < 4.78 is 37.5. The zero-order chi connectivity index (χ0) is 15.7. The fourth-order valence-electron chi connectivity index (χ4n) is 1.81. The highest BCUT2D eigenvalue weighted by atomic mass is 19.1. The van der Waals surface area contributed by atoms with Crippen molar-refractivity contribution >= 4 is 5.91 Å². The van der Waals surface area contributed by atoms with Crippen LogP contribution in [0.3, 0.4) is 0 Å². The highest BCUT2D eigenvalue weighted by molar-refractivity contribution is 5.93. The molecule has 0 heterocycles. The van der Waals surface area contributed by atoms with Crippen LogP contribution in [-0.2, 0) is 4.74 Å². The average molecular weight is 301 g/mol. The summed E-state index contributed by atoms with van der Waals surface area (Å²) >= 11 is 0. The summed E-state index contributed by atoms with van der Waals surface area (Å²) in [7, 11) is 0. The van der Waals surface area contributed by atoms with E-state index >= 15 is 0 Å². The Balaban J connectivity index is 2.36. The van der Waals surface area contributed by atoms with Crippen LogP contribution in [0.5, 0.6) is 5.75 Å². The van der Waals surface area contributed by atoms with Gasteiger partial charge in [0, 0.05) is 6.61 Å². The van der Waals surface area contributed by atoms with Gasteiger partial charge in [0.2, 0.25) is 0 Å². The zero-order valence-electron chi connectivity index (χ0n) is 12.2. The summed E-state index contributed by atoms with van der Waals surface area (Å²) in [6.45, 7) is 3.18. The highest BCUT2D eigenvalue weighted by Gasteiger charge is 2.18. The maximum Gasteiger partial charge on any atom is 0.254 e. The largest absolute Gasteiger partial charge is 0.488 e. The van der Waals surface area contributed by atoms with Gasteiger partial charge in [-0.2, -0.15) is 0 Å². The number of benzene rings is 1. The molecule has 1 aromatic rings. The number of hydrogen-bond donors (Lipinski definition) is 1. The number of amides is 1. The highest BCUT2D eigenvalue weighted by Crippen LogP contribution is 2.22. The second-order valence-electron chi connectivity index (χ2n) is 4.62. The topological polar surface area (TPSA) is 61.6 Å². The molecule has 0 fully saturated rings. The third-order valence-corrected chi connectivity index (χ3v) is 2.93. The molecule has 0 aliphatic carbocycles. The minimum Gasteiger partial charge on any atom is -0.488 e. The number of rotatable bonds is 10. The van der Waals surface area contributed by atoms with Crippen molar-refractivity contribution in [3.63, 3.8) is 0 Å². The molecule has 0 aliphatic rings. The molecule has 0 aromatic heterocycles. The zero-order valence-corrected chi connectivity index (χ0v) is 12.2. The molecular formula is C15H21F2NO3. The number of unbranched alkanes of at least 4 members (excludes halogenated alkanes) is 3. The van der Waals surface area contributed by atoms with Crippen LogP contribution in [-0.4, -0.2) is 25.7 Å². The van der Waals surface area contributed by atoms with Crippen molar-refractivity contribution in [2.45, 2.75) is 32.6 Å². The second kappa shape index (κ2) is 9.28. The molecule has 1 aromatic carbocycles. The number of carbonyl (C=O) groups excluding carboxylic acids is 1. The molecule has 2 N–H and O–H groups in total. The molecule has 0 spiro atoms. The standard InChI is InChI=1S/C15H21F2NO3/c1-2-3-4-5-8-20-9-10-21-12-7-6-11(16)13(14(12)17)15(18)19/h6-7H,2-5,8-10H2,1H3,(H2,18,19). The van der Waals surface area contributed by atoms with Crippen molar-refractivity contribution in [1.29, 1.82) is 0 Å². The number of hydrogen-bond acceptors (Lipinski definition) is 3. The van der Waals surface area contributed by atoms with E-state index in [4.69, 9.17) is 15.2 Å². The SMILES string of the molecule is CCCCCCOCCOc1ccc(F)c(C(N)=O)c1F. The van der Waals surface area contributed by atoms with Crippen LogP contribution in [0.25, 0.3) is 0 Å². The minimum absolute atomic E-state index is 0.120. The Hall–Kier alpha value is -1.69. The van der Waals surface area contributed by atoms with Crippen molar-refractivity contribution in [3.8, 4) is 5.75 Å². The van der Waals surface area contributed by atoms with Crippen LogP contribution >= 0.6 is 0 Å². The van der Waals surface area contributed by atoms with Gasteiger partial charge in [0.1, 0.15) is 18.0 Å². The molecule has 1 amide bonds. The van der Waals surface area contributed by atoms with Crippen LogP contribution in [0.2, 0.25) is 0 Å². The van der Waals surface area contributed by atoms with E-state index in [9.17, 15) is 13.6 Å². The van der Waals surface area contributed by atoms with Gasteiger partial charge < -0.3 is 15.2 Å². The number of nitrogens with two attached hydrogens (primary N) is 1. The van der Waals surface area contributed by atoms with Crippen LogP contribution < -0.4 is 10.5 Å². The molecule has 1 rings (SSSR count). The van der Waals surface area contributed by atoms with Crippen molar-refractivity contribution < 1.29 is 23.0 Å². The van der Waals surface area contributed by atoms with E-state index in [1.165, 1.54) is 6.42 Å². The summed E-state index contributed by atoms with van der Waals surface area (Å²) in [4.78, 5) is 11.0. The van der Waals surface area contributed by atoms with E-state index < -0.39 is 23.1 Å². The molecule has 0 unspecified atom stereocenters. The normalized spacial score (nSPS) is 10.6. The van der Waals surface area contributed by atoms with Crippen LogP contribution in [0.15, 0.2) is 12.1 Å². The van der Waals surface area contributed by atoms with Crippen molar-refractivity contribution in [2.24, 2.45) is 5.73 Å². The number of ether oxygens (including phenoxy) is 2. The maximum atomic E-state index is 13.8. The van der Waals surface area contributed by atoms with Crippen molar-refractivity contribution in [1.82, 2.24) is 0 Å². The lowest BCUT2D eigenvalue weighted by atomic mass is 10.2. The Bertz CT molecular complexity index is 466. The van der Waals surface area contributed by atoms with E-state index in [1.54, 1.807) is 0 Å². The predicted octanol–water partition coefficient (Wildman–Crippen LogP) is 3.04. The third kappa shape index (κ3) is 5.67. The number of primary amides is 1. The monoisotopic (exact) mass is 301 g/mol. The van der Waals surface area contributed by atoms with E-state index in [-0.39, 0.29) is 12.4 Å². The fraction of sp³-hybridized carbons (Fsp3) is 0.533. The quantitative estimate of drug-likeness (QED) is 0.676. The van der Waals surface area contributed by atoms with Crippen molar-refractivity contribution in [3.05, 3.63) is 29.3 Å². The van der Waals surface area contributed by atoms with Gasteiger partial charge in [-0.25, -0.2) is 8.78 Å². The summed E-state index contributed by atoms with van der Waals surface area (Å²) in [5.74, 6) is -3.45. The van der Waals surface area contributed by atoms with Gasteiger partial charge >= 0.3 is 0 Å². The average Bonchev–Trinajstić information content (AvgIpc) is 2.43. The fourth-order valence-corrected chi connectivity index (χ4v) is 1.81. The molecular weight excluding hydrogens is 280 g/mol. The number of halogens is 2. The molecule has 0 atom stereocenters. The first-order chi connectivity index (χ1) is 10.1. The summed E-state index contributed by atoms with van der Waals surface area (Å²) in [6, 6.07) is 2.07. The molecule has 21 heavy (non-hydrogen) atoms. The van der Waals surface area contributed by atoms with Gasteiger partial charge in [-0.15, -0.1) is 0 Å². The summed E-state index contributed by atoms with van der Waals surface area (Å²) in [5, 5.41) is 0. The minimum atomic E-state index is -1.16. The molecule has 6 heteroatoms. The van der Waals surface area contributed by atoms with Crippen molar-refractivity contribution in [2.75, 3.05) is 19.8 Å². The van der Waals surface area contributed by atoms with Crippen LogP contribution in [0.4, 0.5) is 8.78 Å². The third-order valence-electron chi connectivity index (χ3n) is 2.93. The molecule has 118 valence electrons. The molecule has 0 radical (unpaired) electrons. The molecule has 4 nitrogen and oxygen atoms in total. The number of carbonyl (C=O) groups is 1. The van der Waals surface area contributed by atoms with Crippen LogP contribution in [0, 0.1) is 11.6 Å². The Kier molecular flexibility index (Phi) is 7.68. The van der Waals surface area contributed by atoms with E-state index in [0.717, 1.165) is 31.4 Å². The Morgan fingerprint density at radius 3 is 2.57 bits per heavy atom. The van der Waals surface area contributed by atoms with E-state index in [1.807, 2.05) is 0 Å². The predicted molar refractivity (Wildman–Crippen MR) is 75.3 cm³/mol. The Morgan fingerprint density at radius 1 is 1.14 bits per heavy atom. The Labute approximate surface area is 123 Å². The van der Waals surface area contributed by atoms with Gasteiger partial charge in [0.15, 0.2) is 11.6 Å². The molecule has 0 saturated heterocycles. The first-order valence-electron chi connectivity index (χ1n) is 7.06. The lowest BCUT2D eigenvalue weighted by Crippen LogP contribution is -2.17. The van der Waals surface area contributed by atoms with E-state index in [2.05, 4.69) is 6.92 Å². The van der Waals surface area contributed by atoms with Crippen LogP contribution in [0.1, 0.15) is 43.0 Å². The smallest absolute Gasteiger partial charge is 0.254 e. The first kappa shape index (κ1) is 17.4. The second-order valence-corrected chi connectivity index (χ2v) is 4.62.